The maximum absolute atomic E-state index is 13.0. The maximum Gasteiger partial charge on any atom is 0.343 e. The molecule has 2 aromatic rings. The van der Waals surface area contributed by atoms with Gasteiger partial charge in [-0.1, -0.05) is 28.7 Å². The van der Waals surface area contributed by atoms with Gasteiger partial charge in [0.05, 0.1) is 21.3 Å². The molecule has 3 aliphatic rings. The molecule has 31 heavy (non-hydrogen) atoms. The minimum absolute atomic E-state index is 0.150. The lowest BCUT2D eigenvalue weighted by Crippen LogP contribution is -2.48. The molecule has 3 aliphatic heterocycles. The van der Waals surface area contributed by atoms with Crippen LogP contribution in [0.1, 0.15) is 33.2 Å². The second-order valence-corrected chi connectivity index (χ2v) is 9.22. The quantitative estimate of drug-likeness (QED) is 0.253. The molecule has 0 saturated heterocycles. The molecular weight excluding hydrogens is 517 g/mol. The summed E-state index contributed by atoms with van der Waals surface area (Å²) in [6.07, 6.45) is 0.219. The van der Waals surface area contributed by atoms with Crippen LogP contribution in [-0.4, -0.2) is 52.6 Å². The van der Waals surface area contributed by atoms with E-state index in [4.69, 9.17) is 28.4 Å². The Morgan fingerprint density at radius 2 is 1.90 bits per heavy atom. The number of ether oxygens (including phenoxy) is 6. The number of methoxy groups -OCH3 is 3. The summed E-state index contributed by atoms with van der Waals surface area (Å²) < 4.78 is 33.4. The van der Waals surface area contributed by atoms with Crippen molar-refractivity contribution in [2.45, 2.75) is 16.1 Å². The number of nitrogens with zero attached hydrogens (tertiary/aromatic N) is 1. The highest BCUT2D eigenvalue weighted by atomic mass is 127. The number of halogens is 1. The van der Waals surface area contributed by atoms with Gasteiger partial charge < -0.3 is 28.4 Å². The molecule has 2 aromatic carbocycles. The van der Waals surface area contributed by atoms with Crippen molar-refractivity contribution in [1.29, 1.82) is 0 Å². The third kappa shape index (κ3) is 2.72. The Bertz CT molecular complexity index is 1090. The molecule has 0 saturated carbocycles. The third-order valence-corrected chi connectivity index (χ3v) is 8.09. The number of cyclic esters (lactones) is 1. The summed E-state index contributed by atoms with van der Waals surface area (Å²) in [4.78, 5) is 15.2. The number of rotatable bonds is 4. The van der Waals surface area contributed by atoms with Crippen LogP contribution in [0.4, 0.5) is 0 Å². The number of fused-ring (bicyclic) bond motifs is 3. The van der Waals surface area contributed by atoms with Crippen LogP contribution in [0.15, 0.2) is 18.2 Å². The van der Waals surface area contributed by atoms with E-state index in [2.05, 4.69) is 27.5 Å². The van der Waals surface area contributed by atoms with Crippen molar-refractivity contribution < 1.29 is 33.2 Å². The zero-order valence-corrected chi connectivity index (χ0v) is 19.8. The fourth-order valence-electron chi connectivity index (χ4n) is 4.70. The second kappa shape index (κ2) is 7.33. The first kappa shape index (κ1) is 20.5. The van der Waals surface area contributed by atoms with Crippen LogP contribution in [0, 0.1) is 0 Å². The minimum atomic E-state index is -0.738. The third-order valence-electron chi connectivity index (χ3n) is 6.16. The van der Waals surface area contributed by atoms with Crippen LogP contribution in [-0.2, 0) is 14.7 Å². The van der Waals surface area contributed by atoms with Crippen molar-refractivity contribution in [3.05, 3.63) is 40.5 Å². The van der Waals surface area contributed by atoms with Crippen molar-refractivity contribution in [2.24, 2.45) is 0 Å². The van der Waals surface area contributed by atoms with Crippen molar-refractivity contribution in [1.82, 2.24) is 4.90 Å². The molecule has 2 atom stereocenters. The average Bonchev–Trinajstić information content (AvgIpc) is 3.38. The average molecular weight is 539 g/mol. The molecule has 0 unspecified atom stereocenters. The molecule has 0 aliphatic carbocycles. The van der Waals surface area contributed by atoms with E-state index >= 15 is 0 Å². The van der Waals surface area contributed by atoms with Crippen LogP contribution < -0.4 is 23.7 Å². The molecule has 0 aromatic heterocycles. The standard InChI is InChI=1S/C22H22INO7/c1-24-8-7-11-9-14-18(30-10-29-14)19(28-4)16(11)22(24,23)20-12-5-6-13(26-2)17(27-3)15(12)21(25)31-20/h5-6,9,20H,7-8,10H2,1-4H3/t20-,22-/m1/s1. The molecule has 0 fully saturated rings. The molecule has 0 radical (unpaired) electrons. The topological polar surface area (TPSA) is 75.7 Å². The Labute approximate surface area is 193 Å². The lowest BCUT2D eigenvalue weighted by atomic mass is 9.85. The number of benzene rings is 2. The maximum atomic E-state index is 13.0. The fraction of sp³-hybridized carbons (Fsp3) is 0.409. The van der Waals surface area contributed by atoms with Gasteiger partial charge in [-0.2, -0.15) is 0 Å². The molecule has 0 amide bonds. The van der Waals surface area contributed by atoms with E-state index in [0.717, 1.165) is 29.7 Å². The van der Waals surface area contributed by atoms with Crippen molar-refractivity contribution in [3.63, 3.8) is 0 Å². The van der Waals surface area contributed by atoms with E-state index < -0.39 is 15.6 Å². The summed E-state index contributed by atoms with van der Waals surface area (Å²) in [5, 5.41) is 0. The van der Waals surface area contributed by atoms with Gasteiger partial charge in [0, 0.05) is 17.7 Å². The summed E-state index contributed by atoms with van der Waals surface area (Å²) in [5.74, 6) is 2.29. The van der Waals surface area contributed by atoms with Crippen LogP contribution in [0.25, 0.3) is 0 Å². The lowest BCUT2D eigenvalue weighted by Gasteiger charge is -2.45. The highest BCUT2D eigenvalue weighted by molar-refractivity contribution is 14.1. The number of alkyl halides is 1. The first-order chi connectivity index (χ1) is 14.9. The predicted octanol–water partition coefficient (Wildman–Crippen LogP) is 3.43. The van der Waals surface area contributed by atoms with Gasteiger partial charge in [0.2, 0.25) is 12.5 Å². The Balaban J connectivity index is 1.74. The summed E-state index contributed by atoms with van der Waals surface area (Å²) >= 11 is 2.37. The molecule has 3 heterocycles. The van der Waals surface area contributed by atoms with Crippen LogP contribution in [0.3, 0.4) is 0 Å². The normalized spacial score (nSPS) is 23.8. The van der Waals surface area contributed by atoms with Gasteiger partial charge in [0.1, 0.15) is 9.11 Å². The number of hydrogen-bond donors (Lipinski definition) is 0. The smallest absolute Gasteiger partial charge is 0.343 e. The first-order valence-electron chi connectivity index (χ1n) is 9.81. The van der Waals surface area contributed by atoms with Crippen molar-refractivity contribution >= 4 is 28.6 Å². The number of carbonyl (C=O) groups is 1. The molecule has 0 spiro atoms. The second-order valence-electron chi connectivity index (χ2n) is 7.57. The van der Waals surface area contributed by atoms with Crippen LogP contribution >= 0.6 is 22.6 Å². The van der Waals surface area contributed by atoms with E-state index in [0.29, 0.717) is 34.3 Å². The number of carbonyl (C=O) groups excluding carboxylic acids is 1. The van der Waals surface area contributed by atoms with Gasteiger partial charge in [-0.05, 0) is 31.2 Å². The molecule has 8 nitrogen and oxygen atoms in total. The van der Waals surface area contributed by atoms with Gasteiger partial charge in [-0.3, -0.25) is 4.90 Å². The summed E-state index contributed by atoms with van der Waals surface area (Å²) in [5.41, 5.74) is 3.15. The first-order valence-corrected chi connectivity index (χ1v) is 10.9. The Morgan fingerprint density at radius 3 is 2.61 bits per heavy atom. The summed E-state index contributed by atoms with van der Waals surface area (Å²) in [7, 11) is 6.70. The zero-order chi connectivity index (χ0) is 21.9. The summed E-state index contributed by atoms with van der Waals surface area (Å²) in [6.45, 7) is 0.923. The molecule has 9 heteroatoms. The highest BCUT2D eigenvalue weighted by Crippen LogP contribution is 2.60. The van der Waals surface area contributed by atoms with Crippen molar-refractivity contribution in [2.75, 3.05) is 41.7 Å². The minimum Gasteiger partial charge on any atom is -0.493 e. The fourth-order valence-corrected chi connectivity index (χ4v) is 5.99. The van der Waals surface area contributed by atoms with Gasteiger partial charge in [0.25, 0.3) is 0 Å². The van der Waals surface area contributed by atoms with Gasteiger partial charge in [-0.15, -0.1) is 0 Å². The molecule has 164 valence electrons. The predicted molar refractivity (Wildman–Crippen MR) is 119 cm³/mol. The van der Waals surface area contributed by atoms with Crippen LogP contribution in [0.5, 0.6) is 28.7 Å². The SMILES string of the molecule is COc1ccc2c(c1OC)C(=O)O[C@H]2[C@@]1(I)c2c(cc3c(c2OC)OCO3)CCN1C. The van der Waals surface area contributed by atoms with E-state index in [9.17, 15) is 4.79 Å². The van der Waals surface area contributed by atoms with Crippen molar-refractivity contribution in [3.8, 4) is 28.7 Å². The monoisotopic (exact) mass is 539 g/mol. The van der Waals surface area contributed by atoms with E-state index in [1.165, 1.54) is 7.11 Å². The number of likely N-dealkylation sites (N-methyl/N-ethyl adjacent to an activating group) is 1. The Morgan fingerprint density at radius 1 is 1.13 bits per heavy atom. The Kier molecular flexibility index (Phi) is 4.85. The van der Waals surface area contributed by atoms with E-state index in [-0.39, 0.29) is 6.79 Å². The van der Waals surface area contributed by atoms with Crippen LogP contribution in [0.2, 0.25) is 0 Å². The highest BCUT2D eigenvalue weighted by Gasteiger charge is 2.55. The van der Waals surface area contributed by atoms with E-state index in [1.54, 1.807) is 20.3 Å². The van der Waals surface area contributed by atoms with Gasteiger partial charge in [0.15, 0.2) is 29.1 Å². The lowest BCUT2D eigenvalue weighted by molar-refractivity contribution is 0.00282. The molecule has 0 bridgehead atoms. The zero-order valence-electron chi connectivity index (χ0n) is 17.6. The largest absolute Gasteiger partial charge is 0.493 e. The number of hydrogen-bond acceptors (Lipinski definition) is 8. The molecule has 5 rings (SSSR count). The van der Waals surface area contributed by atoms with Gasteiger partial charge >= 0.3 is 5.97 Å². The number of esters is 1. The Hall–Kier alpha value is -2.40. The molecular formula is C22H22INO7. The van der Waals surface area contributed by atoms with E-state index in [1.807, 2.05) is 19.2 Å². The van der Waals surface area contributed by atoms with Gasteiger partial charge in [-0.25, -0.2) is 4.79 Å². The molecule has 0 N–H and O–H groups in total. The summed E-state index contributed by atoms with van der Waals surface area (Å²) in [6, 6.07) is 5.67.